The Hall–Kier alpha value is -2.02. The van der Waals surface area contributed by atoms with Gasteiger partial charge >= 0.3 is 5.97 Å². The van der Waals surface area contributed by atoms with Gasteiger partial charge in [-0.15, -0.1) is 0 Å². The topological polar surface area (TPSA) is 86.7 Å². The normalized spacial score (nSPS) is 13.0. The van der Waals surface area contributed by atoms with Gasteiger partial charge in [-0.25, -0.2) is 4.79 Å². The fraction of sp³-hybridized carbons (Fsp3) is 0.471. The third kappa shape index (κ3) is 6.23. The van der Waals surface area contributed by atoms with Gasteiger partial charge in [-0.05, 0) is 30.9 Å². The number of carbonyl (C=O) groups excluding carboxylic acids is 2. The van der Waals surface area contributed by atoms with E-state index in [1.807, 2.05) is 36.6 Å². The summed E-state index contributed by atoms with van der Waals surface area (Å²) >= 11 is 1.57. The first-order valence-corrected chi connectivity index (χ1v) is 9.08. The molecule has 0 aliphatic heterocycles. The van der Waals surface area contributed by atoms with Crippen LogP contribution in [0.5, 0.6) is 0 Å². The van der Waals surface area contributed by atoms with Crippen molar-refractivity contribution in [1.82, 2.24) is 10.2 Å². The minimum Gasteiger partial charge on any atom is -0.480 e. The second-order valence-electron chi connectivity index (χ2n) is 5.53. The van der Waals surface area contributed by atoms with E-state index in [1.54, 1.807) is 11.8 Å². The molecule has 2 N–H and O–H groups in total. The first kappa shape index (κ1) is 20.0. The highest BCUT2D eigenvalue weighted by Gasteiger charge is 2.29. The maximum absolute atomic E-state index is 12.5. The standard InChI is InChI=1S/C17H24N2O4S/c1-12(17(22)23)19(2)16(21)14(9-10-24-3)18-15(20)11-13-7-5-4-6-8-13/h4-8,12,14H,9-11H2,1-3H3,(H,18,20)(H,22,23). The SMILES string of the molecule is CSCCC(NC(=O)Cc1ccccc1)C(=O)N(C)C(C)C(=O)O. The van der Waals surface area contributed by atoms with Crippen molar-refractivity contribution in [2.45, 2.75) is 31.8 Å². The number of nitrogens with one attached hydrogen (secondary N) is 1. The molecule has 6 nitrogen and oxygen atoms in total. The molecule has 1 rings (SSSR count). The van der Waals surface area contributed by atoms with Crippen LogP contribution in [0.3, 0.4) is 0 Å². The number of benzene rings is 1. The zero-order valence-electron chi connectivity index (χ0n) is 14.2. The van der Waals surface area contributed by atoms with E-state index in [-0.39, 0.29) is 18.2 Å². The van der Waals surface area contributed by atoms with Crippen molar-refractivity contribution in [2.75, 3.05) is 19.1 Å². The summed E-state index contributed by atoms with van der Waals surface area (Å²) in [6, 6.07) is 7.59. The minimum atomic E-state index is -1.08. The van der Waals surface area contributed by atoms with Crippen molar-refractivity contribution in [1.29, 1.82) is 0 Å². The minimum absolute atomic E-state index is 0.183. The molecule has 0 aliphatic rings. The van der Waals surface area contributed by atoms with Gasteiger partial charge < -0.3 is 15.3 Å². The molecule has 0 saturated heterocycles. The summed E-state index contributed by atoms with van der Waals surface area (Å²) in [5, 5.41) is 11.8. The molecule has 1 aromatic rings. The number of carboxylic acids is 1. The Balaban J connectivity index is 2.75. The van der Waals surface area contributed by atoms with Gasteiger partial charge in [0.1, 0.15) is 12.1 Å². The Morgan fingerprint density at radius 2 is 1.88 bits per heavy atom. The summed E-state index contributed by atoms with van der Waals surface area (Å²) in [7, 11) is 1.44. The number of hydrogen-bond acceptors (Lipinski definition) is 4. The Morgan fingerprint density at radius 3 is 2.42 bits per heavy atom. The highest BCUT2D eigenvalue weighted by Crippen LogP contribution is 2.08. The fourth-order valence-corrected chi connectivity index (χ4v) is 2.59. The Morgan fingerprint density at radius 1 is 1.25 bits per heavy atom. The zero-order valence-corrected chi connectivity index (χ0v) is 15.0. The number of thioether (sulfide) groups is 1. The van der Waals surface area contributed by atoms with Gasteiger partial charge in [0.25, 0.3) is 0 Å². The fourth-order valence-electron chi connectivity index (χ4n) is 2.12. The van der Waals surface area contributed by atoms with E-state index in [4.69, 9.17) is 5.11 Å². The highest BCUT2D eigenvalue weighted by molar-refractivity contribution is 7.98. The molecule has 0 bridgehead atoms. The average Bonchev–Trinajstić information content (AvgIpc) is 2.57. The molecule has 2 unspecified atom stereocenters. The molecule has 0 aromatic heterocycles. The largest absolute Gasteiger partial charge is 0.480 e. The monoisotopic (exact) mass is 352 g/mol. The second-order valence-corrected chi connectivity index (χ2v) is 6.51. The van der Waals surface area contributed by atoms with Gasteiger partial charge in [0.15, 0.2) is 0 Å². The van der Waals surface area contributed by atoms with E-state index in [1.165, 1.54) is 14.0 Å². The molecular formula is C17H24N2O4S. The molecule has 132 valence electrons. The van der Waals surface area contributed by atoms with E-state index in [0.717, 1.165) is 10.5 Å². The lowest BCUT2D eigenvalue weighted by molar-refractivity contribution is -0.149. The first-order valence-electron chi connectivity index (χ1n) is 7.68. The average molecular weight is 352 g/mol. The number of amides is 2. The number of likely N-dealkylation sites (N-methyl/N-ethyl adjacent to an activating group) is 1. The summed E-state index contributed by atoms with van der Waals surface area (Å²) in [6.07, 6.45) is 2.55. The van der Waals surface area contributed by atoms with Gasteiger partial charge in [-0.1, -0.05) is 30.3 Å². The van der Waals surface area contributed by atoms with Crippen LogP contribution < -0.4 is 5.32 Å². The van der Waals surface area contributed by atoms with Crippen LogP contribution in [0.15, 0.2) is 30.3 Å². The molecule has 0 fully saturated rings. The van der Waals surface area contributed by atoms with Crippen LogP contribution in [0.4, 0.5) is 0 Å². The molecule has 0 spiro atoms. The van der Waals surface area contributed by atoms with Crippen LogP contribution >= 0.6 is 11.8 Å². The van der Waals surface area contributed by atoms with Crippen molar-refractivity contribution in [3.63, 3.8) is 0 Å². The number of rotatable bonds is 9. The summed E-state index contributed by atoms with van der Waals surface area (Å²) in [4.78, 5) is 37.0. The van der Waals surface area contributed by atoms with Crippen LogP contribution in [-0.4, -0.2) is 58.9 Å². The predicted molar refractivity (Wildman–Crippen MR) is 94.9 cm³/mol. The smallest absolute Gasteiger partial charge is 0.326 e. The lowest BCUT2D eigenvalue weighted by atomic mass is 10.1. The third-order valence-corrected chi connectivity index (χ3v) is 4.38. The van der Waals surface area contributed by atoms with Gasteiger partial charge in [-0.3, -0.25) is 9.59 Å². The van der Waals surface area contributed by atoms with Gasteiger partial charge in [0.2, 0.25) is 11.8 Å². The van der Waals surface area contributed by atoms with Crippen molar-refractivity contribution in [3.05, 3.63) is 35.9 Å². The first-order chi connectivity index (χ1) is 11.4. The maximum atomic E-state index is 12.5. The number of hydrogen-bond donors (Lipinski definition) is 2. The van der Waals surface area contributed by atoms with Crippen molar-refractivity contribution in [3.8, 4) is 0 Å². The van der Waals surface area contributed by atoms with Crippen LogP contribution in [0, 0.1) is 0 Å². The van der Waals surface area contributed by atoms with Crippen LogP contribution in [-0.2, 0) is 20.8 Å². The van der Waals surface area contributed by atoms with Gasteiger partial charge in [0, 0.05) is 7.05 Å². The molecular weight excluding hydrogens is 328 g/mol. The van der Waals surface area contributed by atoms with E-state index >= 15 is 0 Å². The molecule has 1 aromatic carbocycles. The summed E-state index contributed by atoms with van der Waals surface area (Å²) in [5.74, 6) is -1.03. The molecule has 24 heavy (non-hydrogen) atoms. The number of aliphatic carboxylic acids is 1. The van der Waals surface area contributed by atoms with Crippen LogP contribution in [0.25, 0.3) is 0 Å². The highest BCUT2D eigenvalue weighted by atomic mass is 32.2. The Labute approximate surface area is 146 Å². The number of nitrogens with zero attached hydrogens (tertiary/aromatic N) is 1. The van der Waals surface area contributed by atoms with Gasteiger partial charge in [-0.2, -0.15) is 11.8 Å². The van der Waals surface area contributed by atoms with Crippen molar-refractivity contribution >= 4 is 29.5 Å². The predicted octanol–water partition coefficient (Wildman–Crippen LogP) is 1.40. The van der Waals surface area contributed by atoms with E-state index in [2.05, 4.69) is 5.32 Å². The van der Waals surface area contributed by atoms with E-state index in [0.29, 0.717) is 12.2 Å². The Kier molecular flexibility index (Phi) is 8.32. The molecule has 0 radical (unpaired) electrons. The van der Waals surface area contributed by atoms with E-state index < -0.39 is 18.1 Å². The maximum Gasteiger partial charge on any atom is 0.326 e. The van der Waals surface area contributed by atoms with Crippen LogP contribution in [0.1, 0.15) is 18.9 Å². The molecule has 2 amide bonds. The summed E-state index contributed by atoms with van der Waals surface area (Å²) in [6.45, 7) is 1.44. The number of carboxylic acid groups (broad SMARTS) is 1. The lowest BCUT2D eigenvalue weighted by Crippen LogP contribution is -2.52. The molecule has 0 aliphatic carbocycles. The lowest BCUT2D eigenvalue weighted by Gasteiger charge is -2.27. The molecule has 0 heterocycles. The quantitative estimate of drug-likeness (QED) is 0.701. The molecule has 0 saturated carbocycles. The van der Waals surface area contributed by atoms with Gasteiger partial charge in [0.05, 0.1) is 6.42 Å². The summed E-state index contributed by atoms with van der Waals surface area (Å²) in [5.41, 5.74) is 0.860. The number of carbonyl (C=O) groups is 3. The zero-order chi connectivity index (χ0) is 18.1. The molecule has 7 heteroatoms. The Bertz CT molecular complexity index is 565. The third-order valence-electron chi connectivity index (χ3n) is 3.74. The van der Waals surface area contributed by atoms with Crippen molar-refractivity contribution in [2.24, 2.45) is 0 Å². The van der Waals surface area contributed by atoms with Crippen LogP contribution in [0.2, 0.25) is 0 Å². The second kappa shape index (κ2) is 9.97. The summed E-state index contributed by atoms with van der Waals surface area (Å²) < 4.78 is 0. The van der Waals surface area contributed by atoms with E-state index in [9.17, 15) is 14.4 Å². The molecule has 2 atom stereocenters. The van der Waals surface area contributed by atoms with Crippen molar-refractivity contribution < 1.29 is 19.5 Å².